The second-order valence-corrected chi connectivity index (χ2v) is 4.38. The van der Waals surface area contributed by atoms with Crippen LogP contribution in [0.2, 0.25) is 0 Å². The van der Waals surface area contributed by atoms with E-state index in [9.17, 15) is 9.59 Å². The molecule has 0 saturated carbocycles. The summed E-state index contributed by atoms with van der Waals surface area (Å²) >= 11 is 0. The lowest BCUT2D eigenvalue weighted by Crippen LogP contribution is -2.53. The molecule has 0 radical (unpaired) electrons. The van der Waals surface area contributed by atoms with Crippen molar-refractivity contribution in [3.63, 3.8) is 0 Å². The minimum absolute atomic E-state index is 0.103. The van der Waals surface area contributed by atoms with Crippen LogP contribution in [0.5, 0.6) is 0 Å². The summed E-state index contributed by atoms with van der Waals surface area (Å²) in [4.78, 5) is 24.3. The van der Waals surface area contributed by atoms with E-state index in [1.165, 1.54) is 0 Å². The quantitative estimate of drug-likeness (QED) is 0.657. The summed E-state index contributed by atoms with van der Waals surface area (Å²) in [5, 5.41) is 0. The zero-order valence-corrected chi connectivity index (χ0v) is 8.99. The Hall–Kier alpha value is -0.900. The van der Waals surface area contributed by atoms with E-state index in [2.05, 4.69) is 0 Å². The van der Waals surface area contributed by atoms with Crippen molar-refractivity contribution in [2.75, 3.05) is 6.54 Å². The van der Waals surface area contributed by atoms with Crippen LogP contribution in [0.1, 0.15) is 27.2 Å². The Balaban J connectivity index is 2.91. The number of hydrogen-bond acceptors (Lipinski definition) is 3. The topological polar surface area (TPSA) is 63.4 Å². The summed E-state index contributed by atoms with van der Waals surface area (Å²) in [6, 6.07) is -0.423. The summed E-state index contributed by atoms with van der Waals surface area (Å²) in [6.07, 6.45) is 1.50. The minimum Gasteiger partial charge on any atom is -0.329 e. The van der Waals surface area contributed by atoms with Crippen molar-refractivity contribution in [1.29, 1.82) is 0 Å². The number of aldehydes is 1. The molecule has 1 aliphatic heterocycles. The highest BCUT2D eigenvalue weighted by molar-refractivity contribution is 5.87. The summed E-state index contributed by atoms with van der Waals surface area (Å²) in [5.41, 5.74) is 4.91. The van der Waals surface area contributed by atoms with Crippen LogP contribution in [-0.2, 0) is 9.59 Å². The van der Waals surface area contributed by atoms with Crippen LogP contribution in [0.25, 0.3) is 0 Å². The molecular weight excluding hydrogens is 180 g/mol. The van der Waals surface area contributed by atoms with Gasteiger partial charge in [-0.1, -0.05) is 13.8 Å². The number of likely N-dealkylation sites (tertiary alicyclic amines) is 1. The third-order valence-electron chi connectivity index (χ3n) is 3.24. The van der Waals surface area contributed by atoms with Crippen molar-refractivity contribution in [3.8, 4) is 0 Å². The average molecular weight is 198 g/mol. The standard InChI is InChI=1S/C10H18N2O2/c1-7(2)10(3,6-13)12-5-4-8(11)9(12)14/h6-8H,4-5,11H2,1-3H3/t8-,10+/m0/s1. The molecule has 1 saturated heterocycles. The number of amides is 1. The van der Waals surface area contributed by atoms with Crippen molar-refractivity contribution >= 4 is 12.2 Å². The molecule has 0 aromatic rings. The van der Waals surface area contributed by atoms with Gasteiger partial charge in [-0.15, -0.1) is 0 Å². The van der Waals surface area contributed by atoms with Crippen LogP contribution in [-0.4, -0.2) is 35.2 Å². The van der Waals surface area contributed by atoms with Gasteiger partial charge in [-0.2, -0.15) is 0 Å². The number of carbonyl (C=O) groups is 2. The molecule has 80 valence electrons. The molecule has 4 nitrogen and oxygen atoms in total. The number of carbonyl (C=O) groups excluding carboxylic acids is 2. The first-order chi connectivity index (χ1) is 6.43. The molecule has 2 atom stereocenters. The molecule has 4 heteroatoms. The van der Waals surface area contributed by atoms with E-state index in [0.29, 0.717) is 13.0 Å². The maximum atomic E-state index is 11.7. The Bertz CT molecular complexity index is 253. The summed E-state index contributed by atoms with van der Waals surface area (Å²) in [6.45, 7) is 6.26. The number of nitrogens with two attached hydrogens (primary N) is 1. The molecule has 0 aromatic heterocycles. The molecule has 1 aliphatic rings. The van der Waals surface area contributed by atoms with Gasteiger partial charge >= 0.3 is 0 Å². The molecule has 0 spiro atoms. The van der Waals surface area contributed by atoms with Gasteiger partial charge in [-0.3, -0.25) is 4.79 Å². The average Bonchev–Trinajstić information content (AvgIpc) is 2.46. The Morgan fingerprint density at radius 1 is 1.64 bits per heavy atom. The van der Waals surface area contributed by atoms with Gasteiger partial charge in [0.15, 0.2) is 0 Å². The molecule has 0 aliphatic carbocycles. The van der Waals surface area contributed by atoms with Crippen molar-refractivity contribution < 1.29 is 9.59 Å². The van der Waals surface area contributed by atoms with Crippen LogP contribution in [0.4, 0.5) is 0 Å². The molecule has 0 aromatic carbocycles. The Morgan fingerprint density at radius 3 is 2.50 bits per heavy atom. The highest BCUT2D eigenvalue weighted by Crippen LogP contribution is 2.27. The van der Waals surface area contributed by atoms with Gasteiger partial charge in [0, 0.05) is 6.54 Å². The zero-order chi connectivity index (χ0) is 10.9. The molecule has 0 bridgehead atoms. The summed E-state index contributed by atoms with van der Waals surface area (Å²) < 4.78 is 0. The van der Waals surface area contributed by atoms with Crippen molar-refractivity contribution in [2.24, 2.45) is 11.7 Å². The van der Waals surface area contributed by atoms with E-state index >= 15 is 0 Å². The van der Waals surface area contributed by atoms with Gasteiger partial charge in [0.05, 0.1) is 11.6 Å². The van der Waals surface area contributed by atoms with Crippen LogP contribution in [0.3, 0.4) is 0 Å². The number of nitrogens with zero attached hydrogens (tertiary/aromatic N) is 1. The maximum absolute atomic E-state index is 11.7. The molecular formula is C10H18N2O2. The Kier molecular flexibility index (Phi) is 2.95. The van der Waals surface area contributed by atoms with E-state index in [1.807, 2.05) is 13.8 Å². The fraction of sp³-hybridized carbons (Fsp3) is 0.800. The van der Waals surface area contributed by atoms with E-state index in [4.69, 9.17) is 5.73 Å². The van der Waals surface area contributed by atoms with E-state index in [-0.39, 0.29) is 11.8 Å². The third kappa shape index (κ3) is 1.54. The van der Waals surface area contributed by atoms with Crippen LogP contribution < -0.4 is 5.73 Å². The highest BCUT2D eigenvalue weighted by Gasteiger charge is 2.43. The van der Waals surface area contributed by atoms with Crippen LogP contribution >= 0.6 is 0 Å². The lowest BCUT2D eigenvalue weighted by Gasteiger charge is -2.37. The molecule has 2 N–H and O–H groups in total. The van der Waals surface area contributed by atoms with Gasteiger partial charge in [0.1, 0.15) is 6.29 Å². The smallest absolute Gasteiger partial charge is 0.240 e. The number of rotatable bonds is 3. The lowest BCUT2D eigenvalue weighted by atomic mass is 9.88. The van der Waals surface area contributed by atoms with Crippen LogP contribution in [0.15, 0.2) is 0 Å². The maximum Gasteiger partial charge on any atom is 0.240 e. The molecule has 1 rings (SSSR count). The summed E-state index contributed by atoms with van der Waals surface area (Å²) in [7, 11) is 0. The van der Waals surface area contributed by atoms with E-state index in [0.717, 1.165) is 6.29 Å². The van der Waals surface area contributed by atoms with Gasteiger partial charge in [0.25, 0.3) is 0 Å². The molecule has 1 fully saturated rings. The third-order valence-corrected chi connectivity index (χ3v) is 3.24. The molecule has 1 amide bonds. The van der Waals surface area contributed by atoms with Gasteiger partial charge in [-0.05, 0) is 19.3 Å². The SMILES string of the molecule is CC(C)[C@@](C)(C=O)N1CC[C@H](N)C1=O. The zero-order valence-electron chi connectivity index (χ0n) is 8.99. The predicted molar refractivity (Wildman–Crippen MR) is 53.6 cm³/mol. The minimum atomic E-state index is -0.703. The Morgan fingerprint density at radius 2 is 2.21 bits per heavy atom. The second kappa shape index (κ2) is 3.69. The molecule has 1 heterocycles. The fourth-order valence-electron chi connectivity index (χ4n) is 1.69. The predicted octanol–water partition coefficient (Wildman–Crippen LogP) is 0.160. The molecule has 0 unspecified atom stereocenters. The van der Waals surface area contributed by atoms with Crippen molar-refractivity contribution in [3.05, 3.63) is 0 Å². The van der Waals surface area contributed by atoms with Gasteiger partial charge in [-0.25, -0.2) is 0 Å². The first-order valence-corrected chi connectivity index (χ1v) is 4.97. The van der Waals surface area contributed by atoms with Crippen molar-refractivity contribution in [2.45, 2.75) is 38.8 Å². The van der Waals surface area contributed by atoms with E-state index in [1.54, 1.807) is 11.8 Å². The monoisotopic (exact) mass is 198 g/mol. The van der Waals surface area contributed by atoms with Gasteiger partial charge < -0.3 is 15.4 Å². The lowest BCUT2D eigenvalue weighted by molar-refractivity contribution is -0.140. The largest absolute Gasteiger partial charge is 0.329 e. The van der Waals surface area contributed by atoms with Crippen molar-refractivity contribution in [1.82, 2.24) is 4.90 Å². The highest BCUT2D eigenvalue weighted by atomic mass is 16.2. The normalized spacial score (nSPS) is 26.8. The second-order valence-electron chi connectivity index (χ2n) is 4.38. The first kappa shape index (κ1) is 11.2. The molecule has 14 heavy (non-hydrogen) atoms. The van der Waals surface area contributed by atoms with E-state index < -0.39 is 11.6 Å². The Labute approximate surface area is 84.4 Å². The number of hydrogen-bond donors (Lipinski definition) is 1. The summed E-state index contributed by atoms with van der Waals surface area (Å²) in [5.74, 6) is 0.00236. The van der Waals surface area contributed by atoms with Gasteiger partial charge in [0.2, 0.25) is 5.91 Å². The van der Waals surface area contributed by atoms with Crippen LogP contribution in [0, 0.1) is 5.92 Å². The first-order valence-electron chi connectivity index (χ1n) is 4.97. The fourth-order valence-corrected chi connectivity index (χ4v) is 1.69.